The Kier molecular flexibility index (Phi) is 11.7. The maximum absolute atomic E-state index is 13.0. The zero-order chi connectivity index (χ0) is 28.2. The first kappa shape index (κ1) is 30.0. The van der Waals surface area contributed by atoms with Crippen LogP contribution in [0.2, 0.25) is 5.02 Å². The van der Waals surface area contributed by atoms with Gasteiger partial charge in [0.1, 0.15) is 18.4 Å². The van der Waals surface area contributed by atoms with Gasteiger partial charge in [-0.1, -0.05) is 54.1 Å². The number of amides is 2. The molecule has 0 heterocycles. The van der Waals surface area contributed by atoms with Crippen molar-refractivity contribution in [1.82, 2.24) is 5.32 Å². The van der Waals surface area contributed by atoms with Gasteiger partial charge in [-0.15, -0.1) is 0 Å². The lowest BCUT2D eigenvalue weighted by atomic mass is 10.0. The Morgan fingerprint density at radius 1 is 1.00 bits per heavy atom. The molecule has 0 aliphatic heterocycles. The molecule has 3 rings (SSSR count). The van der Waals surface area contributed by atoms with Crippen molar-refractivity contribution in [3.63, 3.8) is 0 Å². The lowest BCUT2D eigenvalue weighted by Crippen LogP contribution is -2.41. The molecule has 0 unspecified atom stereocenters. The molecule has 0 aliphatic rings. The highest BCUT2D eigenvalue weighted by Crippen LogP contribution is 2.28. The van der Waals surface area contributed by atoms with E-state index < -0.39 is 24.0 Å². The average Bonchev–Trinajstić information content (AvgIpc) is 2.94. The van der Waals surface area contributed by atoms with Crippen molar-refractivity contribution in [3.05, 3.63) is 94.5 Å². The molecule has 8 nitrogen and oxygen atoms in total. The lowest BCUT2D eigenvalue weighted by molar-refractivity contribution is -0.139. The molecule has 0 fully saturated rings. The van der Waals surface area contributed by atoms with E-state index in [1.165, 1.54) is 12.1 Å². The van der Waals surface area contributed by atoms with Gasteiger partial charge in [0.15, 0.2) is 0 Å². The van der Waals surface area contributed by atoms with Crippen molar-refractivity contribution in [2.24, 2.45) is 5.73 Å². The Hall–Kier alpha value is -3.53. The summed E-state index contributed by atoms with van der Waals surface area (Å²) >= 11 is 7.56. The predicted molar refractivity (Wildman–Crippen MR) is 155 cm³/mol. The Balaban J connectivity index is 1.77. The minimum absolute atomic E-state index is 0.151. The molecule has 0 bridgehead atoms. The number of ether oxygens (including phenoxy) is 1. The van der Waals surface area contributed by atoms with Gasteiger partial charge in [0.25, 0.3) is 5.91 Å². The number of carboxylic acid groups (broad SMARTS) is 1. The van der Waals surface area contributed by atoms with Crippen molar-refractivity contribution in [3.8, 4) is 5.75 Å². The molecule has 3 aromatic rings. The average molecular weight is 570 g/mol. The van der Waals surface area contributed by atoms with E-state index in [1.54, 1.807) is 42.1 Å². The van der Waals surface area contributed by atoms with Crippen LogP contribution in [0.1, 0.15) is 34.3 Å². The second kappa shape index (κ2) is 15.2. The van der Waals surface area contributed by atoms with Crippen LogP contribution in [0.5, 0.6) is 5.75 Å². The van der Waals surface area contributed by atoms with Crippen molar-refractivity contribution in [2.45, 2.75) is 38.0 Å². The topological polar surface area (TPSA) is 131 Å². The Morgan fingerprint density at radius 2 is 1.72 bits per heavy atom. The number of rotatable bonds is 14. The lowest BCUT2D eigenvalue weighted by Gasteiger charge is -2.18. The molecule has 2 amide bonds. The summed E-state index contributed by atoms with van der Waals surface area (Å²) in [5.74, 6) is -1.07. The molecule has 0 saturated heterocycles. The number of carbonyl (C=O) groups is 3. The third kappa shape index (κ3) is 9.62. The standard InChI is InChI=1S/C29H32ClN3O5S/c1-39-16-15-23(31)28(35)32-24-14-10-21(17-26(24)38-18-20-7-11-22(30)12-8-20)27(34)33-25(29(36)37)13-9-19-5-3-2-4-6-19/h2-8,10-12,14,17,23,25H,9,13,15-16,18,31H2,1H3,(H,32,35)(H,33,34)(H,36,37)/t23-,25-/m0/s1. The van der Waals surface area contributed by atoms with Crippen LogP contribution in [0.3, 0.4) is 0 Å². The van der Waals surface area contributed by atoms with E-state index in [0.29, 0.717) is 23.6 Å². The summed E-state index contributed by atoms with van der Waals surface area (Å²) in [5, 5.41) is 15.6. The monoisotopic (exact) mass is 569 g/mol. The van der Waals surface area contributed by atoms with Crippen LogP contribution in [-0.4, -0.2) is 47.0 Å². The summed E-state index contributed by atoms with van der Waals surface area (Å²) in [7, 11) is 0. The fraction of sp³-hybridized carbons (Fsp3) is 0.276. The van der Waals surface area contributed by atoms with Crippen LogP contribution < -0.4 is 21.1 Å². The first-order valence-corrected chi connectivity index (χ1v) is 14.2. The first-order valence-electron chi connectivity index (χ1n) is 12.4. The zero-order valence-corrected chi connectivity index (χ0v) is 23.1. The van der Waals surface area contributed by atoms with Crippen LogP contribution in [0.15, 0.2) is 72.8 Å². The molecular weight excluding hydrogens is 538 g/mol. The second-order valence-corrected chi connectivity index (χ2v) is 10.3. The van der Waals surface area contributed by atoms with Crippen LogP contribution >= 0.6 is 23.4 Å². The van der Waals surface area contributed by atoms with Crippen LogP contribution in [-0.2, 0) is 22.6 Å². The highest BCUT2D eigenvalue weighted by Gasteiger charge is 2.22. The van der Waals surface area contributed by atoms with Crippen molar-refractivity contribution < 1.29 is 24.2 Å². The van der Waals surface area contributed by atoms with E-state index in [0.717, 1.165) is 16.9 Å². The number of benzene rings is 3. The van der Waals surface area contributed by atoms with E-state index in [1.807, 2.05) is 36.6 Å². The Labute approximate surface area is 237 Å². The number of aliphatic carboxylic acids is 1. The number of hydrogen-bond acceptors (Lipinski definition) is 6. The molecule has 39 heavy (non-hydrogen) atoms. The summed E-state index contributed by atoms with van der Waals surface area (Å²) < 4.78 is 5.97. The summed E-state index contributed by atoms with van der Waals surface area (Å²) in [4.78, 5) is 37.5. The maximum Gasteiger partial charge on any atom is 0.326 e. The minimum Gasteiger partial charge on any atom is -0.487 e. The van der Waals surface area contributed by atoms with Gasteiger partial charge in [0, 0.05) is 10.6 Å². The molecular formula is C29H32ClN3O5S. The van der Waals surface area contributed by atoms with E-state index in [9.17, 15) is 19.5 Å². The fourth-order valence-corrected chi connectivity index (χ4v) is 4.30. The number of halogens is 1. The van der Waals surface area contributed by atoms with Gasteiger partial charge < -0.3 is 26.2 Å². The molecule has 10 heteroatoms. The summed E-state index contributed by atoms with van der Waals surface area (Å²) in [6.45, 7) is 0.151. The minimum atomic E-state index is -1.12. The third-order valence-electron chi connectivity index (χ3n) is 5.95. The Morgan fingerprint density at radius 3 is 2.38 bits per heavy atom. The van der Waals surface area contributed by atoms with Gasteiger partial charge in [0.2, 0.25) is 5.91 Å². The van der Waals surface area contributed by atoms with Gasteiger partial charge in [-0.25, -0.2) is 4.79 Å². The molecule has 0 aliphatic carbocycles. The predicted octanol–water partition coefficient (Wildman–Crippen LogP) is 4.75. The summed E-state index contributed by atoms with van der Waals surface area (Å²) in [5.41, 5.74) is 8.36. The number of carbonyl (C=O) groups excluding carboxylic acids is 2. The van der Waals surface area contributed by atoms with Crippen LogP contribution in [0, 0.1) is 0 Å². The van der Waals surface area contributed by atoms with Crippen LogP contribution in [0.4, 0.5) is 5.69 Å². The highest BCUT2D eigenvalue weighted by atomic mass is 35.5. The van der Waals surface area contributed by atoms with Gasteiger partial charge in [-0.05, 0) is 72.7 Å². The largest absolute Gasteiger partial charge is 0.487 e. The molecule has 2 atom stereocenters. The number of nitrogens with one attached hydrogen (secondary N) is 2. The smallest absolute Gasteiger partial charge is 0.326 e. The number of aryl methyl sites for hydroxylation is 1. The maximum atomic E-state index is 13.0. The van der Waals surface area contributed by atoms with Crippen molar-refractivity contribution >= 4 is 46.8 Å². The first-order chi connectivity index (χ1) is 18.8. The second-order valence-electron chi connectivity index (χ2n) is 8.89. The SMILES string of the molecule is CSCC[C@H](N)C(=O)Nc1ccc(C(=O)N[C@@H](CCc2ccccc2)C(=O)O)cc1OCc1ccc(Cl)cc1. The fourth-order valence-electron chi connectivity index (χ4n) is 3.68. The van der Waals surface area contributed by atoms with Gasteiger partial charge in [0.05, 0.1) is 11.7 Å². The highest BCUT2D eigenvalue weighted by molar-refractivity contribution is 7.98. The normalized spacial score (nSPS) is 12.3. The molecule has 0 radical (unpaired) electrons. The van der Waals surface area contributed by atoms with Crippen molar-refractivity contribution in [1.29, 1.82) is 0 Å². The van der Waals surface area contributed by atoms with Gasteiger partial charge in [-0.3, -0.25) is 9.59 Å². The summed E-state index contributed by atoms with van der Waals surface area (Å²) in [6.07, 6.45) is 3.17. The van der Waals surface area contributed by atoms with Gasteiger partial charge >= 0.3 is 5.97 Å². The molecule has 5 N–H and O–H groups in total. The third-order valence-corrected chi connectivity index (χ3v) is 6.84. The summed E-state index contributed by atoms with van der Waals surface area (Å²) in [6, 6.07) is 19.3. The van der Waals surface area contributed by atoms with E-state index in [4.69, 9.17) is 22.1 Å². The number of anilines is 1. The molecule has 206 valence electrons. The van der Waals surface area contributed by atoms with E-state index in [2.05, 4.69) is 10.6 Å². The van der Waals surface area contributed by atoms with Gasteiger partial charge in [-0.2, -0.15) is 11.8 Å². The van der Waals surface area contributed by atoms with E-state index >= 15 is 0 Å². The zero-order valence-electron chi connectivity index (χ0n) is 21.6. The molecule has 0 spiro atoms. The number of carboxylic acids is 1. The van der Waals surface area contributed by atoms with Crippen molar-refractivity contribution in [2.75, 3.05) is 17.3 Å². The quantitative estimate of drug-likeness (QED) is 0.220. The Bertz CT molecular complexity index is 1260. The number of nitrogens with two attached hydrogens (primary N) is 1. The molecule has 3 aromatic carbocycles. The number of hydrogen-bond donors (Lipinski definition) is 4. The van der Waals surface area contributed by atoms with Crippen LogP contribution in [0.25, 0.3) is 0 Å². The molecule has 0 aromatic heterocycles. The van der Waals surface area contributed by atoms with E-state index in [-0.39, 0.29) is 30.2 Å². The molecule has 0 saturated carbocycles. The number of thioether (sulfide) groups is 1.